The van der Waals surface area contributed by atoms with Gasteiger partial charge < -0.3 is 4.90 Å². The van der Waals surface area contributed by atoms with Crippen molar-refractivity contribution in [3.63, 3.8) is 0 Å². The largest absolute Gasteiger partial charge is 0.356 e. The van der Waals surface area contributed by atoms with Gasteiger partial charge in [0.15, 0.2) is 0 Å². The van der Waals surface area contributed by atoms with Crippen LogP contribution in [-0.4, -0.2) is 38.1 Å². The van der Waals surface area contributed by atoms with E-state index in [1.54, 1.807) is 6.20 Å². The summed E-state index contributed by atoms with van der Waals surface area (Å²) in [7, 11) is 0. The zero-order valence-electron chi connectivity index (χ0n) is 12.9. The number of anilines is 1. The van der Waals surface area contributed by atoms with E-state index >= 15 is 0 Å². The monoisotopic (exact) mass is 286 g/mol. The highest BCUT2D eigenvalue weighted by molar-refractivity contribution is 5.40. The Hall–Kier alpha value is -1.98. The summed E-state index contributed by atoms with van der Waals surface area (Å²) < 4.78 is 1.97. The van der Waals surface area contributed by atoms with Gasteiger partial charge in [-0.3, -0.25) is 0 Å². The van der Waals surface area contributed by atoms with Crippen molar-refractivity contribution in [3.05, 3.63) is 30.0 Å². The van der Waals surface area contributed by atoms with E-state index in [0.717, 1.165) is 43.3 Å². The molecule has 2 aromatic heterocycles. The molecule has 0 N–H and O–H groups in total. The molecule has 0 atom stereocenters. The summed E-state index contributed by atoms with van der Waals surface area (Å²) >= 11 is 0. The van der Waals surface area contributed by atoms with E-state index < -0.39 is 0 Å². The Morgan fingerprint density at radius 1 is 1.19 bits per heavy atom. The van der Waals surface area contributed by atoms with Crippen molar-refractivity contribution in [2.75, 3.05) is 18.0 Å². The number of nitrogens with zero attached hydrogens (tertiary/aromatic N) is 6. The van der Waals surface area contributed by atoms with E-state index in [9.17, 15) is 0 Å². The standard InChI is InChI=1S/C15H22N6/c1-11(2)15-17-12(3)10-14(18-15)20-7-4-13(5-8-20)21-9-6-16-19-21/h6,9-11,13H,4-5,7-8H2,1-3H3. The van der Waals surface area contributed by atoms with Crippen molar-refractivity contribution in [1.29, 1.82) is 0 Å². The molecule has 0 radical (unpaired) electrons. The van der Waals surface area contributed by atoms with Crippen LogP contribution >= 0.6 is 0 Å². The molecule has 2 aromatic rings. The molecule has 0 unspecified atom stereocenters. The maximum atomic E-state index is 4.72. The lowest BCUT2D eigenvalue weighted by Gasteiger charge is -2.33. The maximum absolute atomic E-state index is 4.72. The number of hydrogen-bond donors (Lipinski definition) is 0. The number of aryl methyl sites for hydroxylation is 1. The van der Waals surface area contributed by atoms with E-state index in [-0.39, 0.29) is 0 Å². The maximum Gasteiger partial charge on any atom is 0.133 e. The van der Waals surface area contributed by atoms with Crippen LogP contribution < -0.4 is 4.90 Å². The summed E-state index contributed by atoms with van der Waals surface area (Å²) in [5.74, 6) is 2.35. The predicted octanol–water partition coefficient (Wildman–Crippen LogP) is 2.34. The molecule has 3 heterocycles. The lowest BCUT2D eigenvalue weighted by Crippen LogP contribution is -2.35. The van der Waals surface area contributed by atoms with Crippen molar-refractivity contribution in [2.24, 2.45) is 0 Å². The second kappa shape index (κ2) is 5.79. The highest BCUT2D eigenvalue weighted by Gasteiger charge is 2.22. The summed E-state index contributed by atoms with van der Waals surface area (Å²) in [5, 5.41) is 8.01. The molecule has 0 amide bonds. The summed E-state index contributed by atoms with van der Waals surface area (Å²) in [5.41, 5.74) is 1.04. The van der Waals surface area contributed by atoms with Gasteiger partial charge in [-0.25, -0.2) is 14.6 Å². The molecule has 21 heavy (non-hydrogen) atoms. The van der Waals surface area contributed by atoms with Gasteiger partial charge in [-0.1, -0.05) is 19.1 Å². The highest BCUT2D eigenvalue weighted by atomic mass is 15.4. The first-order chi connectivity index (χ1) is 10.1. The van der Waals surface area contributed by atoms with Gasteiger partial charge in [0.05, 0.1) is 12.2 Å². The Morgan fingerprint density at radius 3 is 2.57 bits per heavy atom. The quantitative estimate of drug-likeness (QED) is 0.866. The van der Waals surface area contributed by atoms with Gasteiger partial charge in [0.2, 0.25) is 0 Å². The third-order valence-corrected chi connectivity index (χ3v) is 3.98. The molecule has 0 aromatic carbocycles. The fraction of sp³-hybridized carbons (Fsp3) is 0.600. The molecule has 0 aliphatic carbocycles. The number of hydrogen-bond acceptors (Lipinski definition) is 5. The fourth-order valence-corrected chi connectivity index (χ4v) is 2.77. The average molecular weight is 286 g/mol. The van der Waals surface area contributed by atoms with Crippen molar-refractivity contribution >= 4 is 5.82 Å². The molecular weight excluding hydrogens is 264 g/mol. The molecule has 112 valence electrons. The first-order valence-corrected chi connectivity index (χ1v) is 7.60. The lowest BCUT2D eigenvalue weighted by atomic mass is 10.1. The minimum Gasteiger partial charge on any atom is -0.356 e. The predicted molar refractivity (Wildman–Crippen MR) is 81.4 cm³/mol. The SMILES string of the molecule is Cc1cc(N2CCC(n3ccnn3)CC2)nc(C(C)C)n1. The molecule has 0 bridgehead atoms. The zero-order chi connectivity index (χ0) is 14.8. The number of aromatic nitrogens is 5. The van der Waals surface area contributed by atoms with Crippen molar-refractivity contribution in [2.45, 2.75) is 45.6 Å². The molecule has 0 saturated carbocycles. The molecule has 6 heteroatoms. The summed E-state index contributed by atoms with van der Waals surface area (Å²) in [4.78, 5) is 11.6. The Balaban J connectivity index is 1.72. The first kappa shape index (κ1) is 14.0. The van der Waals surface area contributed by atoms with Crippen LogP contribution in [-0.2, 0) is 0 Å². The molecule has 1 aliphatic rings. The van der Waals surface area contributed by atoms with E-state index in [4.69, 9.17) is 4.98 Å². The van der Waals surface area contributed by atoms with Crippen LogP contribution in [0.15, 0.2) is 18.5 Å². The van der Waals surface area contributed by atoms with Gasteiger partial charge >= 0.3 is 0 Å². The Bertz CT molecular complexity index is 584. The van der Waals surface area contributed by atoms with Gasteiger partial charge in [-0.15, -0.1) is 5.10 Å². The van der Waals surface area contributed by atoms with Gasteiger partial charge in [-0.05, 0) is 19.8 Å². The molecule has 1 saturated heterocycles. The van der Waals surface area contributed by atoms with Gasteiger partial charge in [0.25, 0.3) is 0 Å². The van der Waals surface area contributed by atoms with E-state index in [1.807, 2.05) is 17.8 Å². The molecule has 0 spiro atoms. The average Bonchev–Trinajstić information content (AvgIpc) is 3.01. The second-order valence-electron chi connectivity index (χ2n) is 5.98. The van der Waals surface area contributed by atoms with Gasteiger partial charge in [-0.2, -0.15) is 0 Å². The Morgan fingerprint density at radius 2 is 1.95 bits per heavy atom. The molecule has 1 aliphatic heterocycles. The molecular formula is C15H22N6. The molecule has 3 rings (SSSR count). The molecule has 6 nitrogen and oxygen atoms in total. The smallest absolute Gasteiger partial charge is 0.133 e. The van der Waals surface area contributed by atoms with Crippen LogP contribution in [0, 0.1) is 6.92 Å². The topological polar surface area (TPSA) is 59.7 Å². The minimum atomic E-state index is 0.358. The van der Waals surface area contributed by atoms with E-state index in [0.29, 0.717) is 12.0 Å². The van der Waals surface area contributed by atoms with Crippen LogP contribution in [0.2, 0.25) is 0 Å². The summed E-state index contributed by atoms with van der Waals surface area (Å²) in [6.07, 6.45) is 5.84. The van der Waals surface area contributed by atoms with Crippen LogP contribution in [0.4, 0.5) is 5.82 Å². The third kappa shape index (κ3) is 3.04. The van der Waals surface area contributed by atoms with E-state index in [1.165, 1.54) is 0 Å². The Labute approximate surface area is 125 Å². The van der Waals surface area contributed by atoms with Crippen molar-refractivity contribution < 1.29 is 0 Å². The highest BCUT2D eigenvalue weighted by Crippen LogP contribution is 2.25. The normalized spacial score (nSPS) is 16.7. The zero-order valence-corrected chi connectivity index (χ0v) is 12.9. The van der Waals surface area contributed by atoms with Crippen LogP contribution in [0.3, 0.4) is 0 Å². The van der Waals surface area contributed by atoms with Gasteiger partial charge in [0.1, 0.15) is 11.6 Å². The van der Waals surface area contributed by atoms with Crippen LogP contribution in [0.1, 0.15) is 50.2 Å². The lowest BCUT2D eigenvalue weighted by molar-refractivity contribution is 0.359. The number of piperidine rings is 1. The van der Waals surface area contributed by atoms with E-state index in [2.05, 4.69) is 40.1 Å². The third-order valence-electron chi connectivity index (χ3n) is 3.98. The summed E-state index contributed by atoms with van der Waals surface area (Å²) in [6.45, 7) is 8.31. The van der Waals surface area contributed by atoms with Gasteiger partial charge in [0, 0.05) is 37.0 Å². The van der Waals surface area contributed by atoms with Crippen LogP contribution in [0.5, 0.6) is 0 Å². The van der Waals surface area contributed by atoms with Crippen molar-refractivity contribution in [3.8, 4) is 0 Å². The second-order valence-corrected chi connectivity index (χ2v) is 5.98. The Kier molecular flexibility index (Phi) is 3.86. The fourth-order valence-electron chi connectivity index (χ4n) is 2.77. The summed E-state index contributed by atoms with van der Waals surface area (Å²) in [6, 6.07) is 2.54. The van der Waals surface area contributed by atoms with Crippen LogP contribution in [0.25, 0.3) is 0 Å². The number of rotatable bonds is 3. The first-order valence-electron chi connectivity index (χ1n) is 7.60. The minimum absolute atomic E-state index is 0.358. The molecule has 1 fully saturated rings. The van der Waals surface area contributed by atoms with Crippen molar-refractivity contribution in [1.82, 2.24) is 25.0 Å².